The fraction of sp³-hybridized carbons (Fsp3) is 0.875. The van der Waals surface area contributed by atoms with Gasteiger partial charge in [-0.1, -0.05) is 15.9 Å². The molecule has 0 radical (unpaired) electrons. The van der Waals surface area contributed by atoms with E-state index in [1.54, 1.807) is 6.92 Å². The average molecular weight is 252 g/mol. The molecule has 0 aromatic rings. The fourth-order valence-corrected chi connectivity index (χ4v) is 1.17. The van der Waals surface area contributed by atoms with Crippen LogP contribution in [0.2, 0.25) is 0 Å². The summed E-state index contributed by atoms with van der Waals surface area (Å²) in [5, 5.41) is 2.76. The highest BCUT2D eigenvalue weighted by molar-refractivity contribution is 9.10. The Hall–Kier alpha value is -0.130. The molecule has 2 atom stereocenters. The van der Waals surface area contributed by atoms with Gasteiger partial charge in [0.05, 0.1) is 30.8 Å². The third-order valence-electron chi connectivity index (χ3n) is 1.75. The van der Waals surface area contributed by atoms with Crippen LogP contribution in [0.1, 0.15) is 6.92 Å². The lowest BCUT2D eigenvalue weighted by molar-refractivity contribution is -0.123. The molecule has 1 N–H and O–H groups in total. The van der Waals surface area contributed by atoms with Crippen LogP contribution in [0.15, 0.2) is 0 Å². The first-order valence-electron chi connectivity index (χ1n) is 4.31. The van der Waals surface area contributed by atoms with Crippen molar-refractivity contribution in [3.63, 3.8) is 0 Å². The van der Waals surface area contributed by atoms with Crippen molar-refractivity contribution in [3.05, 3.63) is 0 Å². The Bertz CT molecular complexity index is 169. The summed E-state index contributed by atoms with van der Waals surface area (Å²) >= 11 is 3.18. The summed E-state index contributed by atoms with van der Waals surface area (Å²) in [6.07, 6.45) is 0.00366. The molecule has 5 heteroatoms. The molecule has 1 aliphatic rings. The number of rotatable bonds is 3. The minimum Gasteiger partial charge on any atom is -0.376 e. The zero-order chi connectivity index (χ0) is 9.68. The van der Waals surface area contributed by atoms with Crippen LogP contribution in [0.4, 0.5) is 0 Å². The van der Waals surface area contributed by atoms with Crippen LogP contribution in [0.5, 0.6) is 0 Å². The average Bonchev–Trinajstić information content (AvgIpc) is 2.15. The van der Waals surface area contributed by atoms with Crippen molar-refractivity contribution in [2.24, 2.45) is 0 Å². The lowest BCUT2D eigenvalue weighted by Crippen LogP contribution is -2.41. The van der Waals surface area contributed by atoms with Gasteiger partial charge in [-0.25, -0.2) is 0 Å². The van der Waals surface area contributed by atoms with Crippen LogP contribution in [0.3, 0.4) is 0 Å². The van der Waals surface area contributed by atoms with Gasteiger partial charge in [0.15, 0.2) is 0 Å². The predicted molar refractivity (Wildman–Crippen MR) is 52.0 cm³/mol. The number of halogens is 1. The smallest absolute Gasteiger partial charge is 0.233 e. The molecule has 0 aliphatic carbocycles. The highest BCUT2D eigenvalue weighted by Gasteiger charge is 2.16. The molecule has 4 nitrogen and oxygen atoms in total. The van der Waals surface area contributed by atoms with Crippen LogP contribution in [-0.2, 0) is 14.3 Å². The van der Waals surface area contributed by atoms with Gasteiger partial charge in [0, 0.05) is 6.54 Å². The molecule has 0 saturated carbocycles. The molecule has 1 amide bonds. The van der Waals surface area contributed by atoms with Gasteiger partial charge in [0.2, 0.25) is 5.91 Å². The summed E-state index contributed by atoms with van der Waals surface area (Å²) in [7, 11) is 0. The number of nitrogens with one attached hydrogen (secondary N) is 1. The van der Waals surface area contributed by atoms with E-state index >= 15 is 0 Å². The van der Waals surface area contributed by atoms with Crippen LogP contribution in [-0.4, -0.2) is 43.2 Å². The van der Waals surface area contributed by atoms with E-state index in [1.807, 2.05) is 0 Å². The second-order valence-corrected chi connectivity index (χ2v) is 4.30. The molecule has 2 unspecified atom stereocenters. The number of hydrogen-bond acceptors (Lipinski definition) is 3. The van der Waals surface area contributed by atoms with E-state index in [9.17, 15) is 4.79 Å². The van der Waals surface area contributed by atoms with E-state index in [0.717, 1.165) is 0 Å². The zero-order valence-corrected chi connectivity index (χ0v) is 9.17. The molecule has 0 aromatic heterocycles. The first-order valence-corrected chi connectivity index (χ1v) is 5.23. The van der Waals surface area contributed by atoms with Gasteiger partial charge in [0.1, 0.15) is 0 Å². The summed E-state index contributed by atoms with van der Waals surface area (Å²) in [4.78, 5) is 11.0. The van der Waals surface area contributed by atoms with E-state index in [-0.39, 0.29) is 16.8 Å². The predicted octanol–water partition coefficient (Wildman–Crippen LogP) is 0.301. The number of alkyl halides is 1. The molecule has 1 fully saturated rings. The molecule has 0 spiro atoms. The summed E-state index contributed by atoms with van der Waals surface area (Å²) in [5.74, 6) is -0.0193. The topological polar surface area (TPSA) is 47.6 Å². The SMILES string of the molecule is CC(Br)C(=O)NCC1COCCO1. The standard InChI is InChI=1S/C8H14BrNO3/c1-6(9)8(11)10-4-7-5-12-2-3-13-7/h6-7H,2-5H2,1H3,(H,10,11). The van der Waals surface area contributed by atoms with Crippen molar-refractivity contribution in [2.75, 3.05) is 26.4 Å². The third kappa shape index (κ3) is 4.06. The van der Waals surface area contributed by atoms with Gasteiger partial charge < -0.3 is 14.8 Å². The minimum atomic E-state index is -0.156. The van der Waals surface area contributed by atoms with Gasteiger partial charge in [0.25, 0.3) is 0 Å². The van der Waals surface area contributed by atoms with Crippen molar-refractivity contribution in [1.82, 2.24) is 5.32 Å². The van der Waals surface area contributed by atoms with Crippen molar-refractivity contribution < 1.29 is 14.3 Å². The maximum Gasteiger partial charge on any atom is 0.233 e. The summed E-state index contributed by atoms with van der Waals surface area (Å²) in [6, 6.07) is 0. The van der Waals surface area contributed by atoms with Crippen LogP contribution >= 0.6 is 15.9 Å². The maximum atomic E-state index is 11.1. The van der Waals surface area contributed by atoms with Crippen molar-refractivity contribution in [1.29, 1.82) is 0 Å². The Morgan fingerprint density at radius 1 is 1.69 bits per heavy atom. The first kappa shape index (κ1) is 10.9. The third-order valence-corrected chi connectivity index (χ3v) is 2.17. The molecule has 1 rings (SSSR count). The Labute approximate surface area is 86.1 Å². The Kier molecular flexibility index (Phi) is 4.69. The number of carbonyl (C=O) groups is 1. The Balaban J connectivity index is 2.13. The normalized spacial score (nSPS) is 25.2. The minimum absolute atomic E-state index is 0.00366. The number of amides is 1. The molecule has 0 aromatic carbocycles. The largest absolute Gasteiger partial charge is 0.376 e. The number of hydrogen-bond donors (Lipinski definition) is 1. The lowest BCUT2D eigenvalue weighted by Gasteiger charge is -2.23. The summed E-state index contributed by atoms with van der Waals surface area (Å²) in [5.41, 5.74) is 0. The number of ether oxygens (including phenoxy) is 2. The Morgan fingerprint density at radius 3 is 3.00 bits per heavy atom. The molecular weight excluding hydrogens is 238 g/mol. The highest BCUT2D eigenvalue weighted by Crippen LogP contribution is 2.00. The van der Waals surface area contributed by atoms with E-state index in [1.165, 1.54) is 0 Å². The molecule has 1 saturated heterocycles. The maximum absolute atomic E-state index is 11.1. The van der Waals surface area contributed by atoms with Crippen molar-refractivity contribution in [3.8, 4) is 0 Å². The first-order chi connectivity index (χ1) is 6.20. The molecule has 1 aliphatic heterocycles. The molecular formula is C8H14BrNO3. The quantitative estimate of drug-likeness (QED) is 0.735. The van der Waals surface area contributed by atoms with E-state index in [2.05, 4.69) is 21.2 Å². The number of carbonyl (C=O) groups excluding carboxylic acids is 1. The van der Waals surface area contributed by atoms with E-state index < -0.39 is 0 Å². The van der Waals surface area contributed by atoms with Gasteiger partial charge in [-0.2, -0.15) is 0 Å². The summed E-state index contributed by atoms with van der Waals surface area (Å²) in [6.45, 7) is 4.14. The van der Waals surface area contributed by atoms with Crippen LogP contribution < -0.4 is 5.32 Å². The van der Waals surface area contributed by atoms with Crippen molar-refractivity contribution in [2.45, 2.75) is 17.9 Å². The zero-order valence-electron chi connectivity index (χ0n) is 7.59. The van der Waals surface area contributed by atoms with E-state index in [4.69, 9.17) is 9.47 Å². The van der Waals surface area contributed by atoms with Gasteiger partial charge >= 0.3 is 0 Å². The van der Waals surface area contributed by atoms with Gasteiger partial charge in [-0.05, 0) is 6.92 Å². The van der Waals surface area contributed by atoms with Crippen LogP contribution in [0.25, 0.3) is 0 Å². The summed E-state index contributed by atoms with van der Waals surface area (Å²) < 4.78 is 10.5. The lowest BCUT2D eigenvalue weighted by atomic mass is 10.3. The van der Waals surface area contributed by atoms with E-state index in [0.29, 0.717) is 26.4 Å². The second-order valence-electron chi connectivity index (χ2n) is 2.93. The Morgan fingerprint density at radius 2 is 2.46 bits per heavy atom. The van der Waals surface area contributed by atoms with Crippen LogP contribution in [0, 0.1) is 0 Å². The monoisotopic (exact) mass is 251 g/mol. The molecule has 0 bridgehead atoms. The second kappa shape index (κ2) is 5.57. The van der Waals surface area contributed by atoms with Crippen molar-refractivity contribution >= 4 is 21.8 Å². The van der Waals surface area contributed by atoms with Gasteiger partial charge in [-0.3, -0.25) is 4.79 Å². The van der Waals surface area contributed by atoms with Gasteiger partial charge in [-0.15, -0.1) is 0 Å². The molecule has 13 heavy (non-hydrogen) atoms. The highest BCUT2D eigenvalue weighted by atomic mass is 79.9. The molecule has 76 valence electrons. The molecule has 1 heterocycles. The fourth-order valence-electron chi connectivity index (χ4n) is 1.01.